The van der Waals surface area contributed by atoms with Crippen molar-refractivity contribution < 1.29 is 26.4 Å². The number of anilines is 1. The highest BCUT2D eigenvalue weighted by atomic mass is 35.5. The lowest BCUT2D eigenvalue weighted by molar-refractivity contribution is -0.137. The zero-order chi connectivity index (χ0) is 22.4. The van der Waals surface area contributed by atoms with Crippen LogP contribution in [0.5, 0.6) is 0 Å². The molecule has 2 aliphatic rings. The molecule has 2 fully saturated rings. The average Bonchev–Trinajstić information content (AvgIpc) is 2.97. The maximum absolute atomic E-state index is 13.1. The van der Waals surface area contributed by atoms with Crippen molar-refractivity contribution in [3.63, 3.8) is 0 Å². The number of urea groups is 1. The van der Waals surface area contributed by atoms with Gasteiger partial charge in [0.15, 0.2) is 9.84 Å². The normalized spacial score (nSPS) is 23.6. The van der Waals surface area contributed by atoms with Crippen LogP contribution in [-0.2, 0) is 16.0 Å². The van der Waals surface area contributed by atoms with Crippen molar-refractivity contribution in [1.29, 1.82) is 0 Å². The van der Waals surface area contributed by atoms with Gasteiger partial charge in [0.1, 0.15) is 0 Å². The second-order valence-electron chi connectivity index (χ2n) is 7.87. The average molecular weight is 473 g/mol. The maximum Gasteiger partial charge on any atom is 0.416 e. The SMILES string of the molecule is O=C(Nc1ccc(C(F)(F)F)cc1)N1[C@@H]2CC[C@H]1CC(S(=O)(=O)c1ccccc1Cl)C2. The minimum atomic E-state index is -4.45. The Morgan fingerprint density at radius 2 is 1.58 bits per heavy atom. The Morgan fingerprint density at radius 3 is 2.13 bits per heavy atom. The van der Waals surface area contributed by atoms with Gasteiger partial charge in [0, 0.05) is 17.8 Å². The Labute approximate surface area is 183 Å². The van der Waals surface area contributed by atoms with Crippen molar-refractivity contribution in [3.05, 3.63) is 59.1 Å². The van der Waals surface area contributed by atoms with E-state index in [1.165, 1.54) is 24.3 Å². The van der Waals surface area contributed by atoms with Crippen LogP contribution in [0.3, 0.4) is 0 Å². The van der Waals surface area contributed by atoms with Crippen molar-refractivity contribution in [1.82, 2.24) is 4.90 Å². The number of nitrogens with zero attached hydrogens (tertiary/aromatic N) is 1. The molecule has 3 atom stereocenters. The number of carbonyl (C=O) groups excluding carboxylic acids is 1. The molecule has 0 radical (unpaired) electrons. The standard InChI is InChI=1S/C21H20ClF3N2O3S/c22-18-3-1-2-4-19(18)31(29,30)17-11-15-9-10-16(12-17)27(15)20(28)26-14-7-5-13(6-8-14)21(23,24)25/h1-8,15-17H,9-12H2,(H,26,28)/t15-,16+,17?. The van der Waals surface area contributed by atoms with Gasteiger partial charge in [0.25, 0.3) is 0 Å². The molecule has 2 aliphatic heterocycles. The van der Waals surface area contributed by atoms with Gasteiger partial charge in [-0.15, -0.1) is 0 Å². The van der Waals surface area contributed by atoms with Gasteiger partial charge in [-0.1, -0.05) is 23.7 Å². The number of hydrogen-bond acceptors (Lipinski definition) is 3. The third-order valence-electron chi connectivity index (χ3n) is 5.97. The van der Waals surface area contributed by atoms with E-state index >= 15 is 0 Å². The quantitative estimate of drug-likeness (QED) is 0.654. The van der Waals surface area contributed by atoms with Gasteiger partial charge in [0.2, 0.25) is 0 Å². The number of carbonyl (C=O) groups is 1. The summed E-state index contributed by atoms with van der Waals surface area (Å²) in [5.74, 6) is 0. The maximum atomic E-state index is 13.1. The van der Waals surface area contributed by atoms with Crippen LogP contribution in [0.4, 0.5) is 23.7 Å². The number of benzene rings is 2. The monoisotopic (exact) mass is 472 g/mol. The number of hydrogen-bond donors (Lipinski definition) is 1. The Hall–Kier alpha value is -2.26. The van der Waals surface area contributed by atoms with E-state index in [-0.39, 0.29) is 27.7 Å². The molecular weight excluding hydrogens is 453 g/mol. The molecule has 4 rings (SSSR count). The number of sulfone groups is 1. The van der Waals surface area contributed by atoms with Gasteiger partial charge in [-0.25, -0.2) is 13.2 Å². The summed E-state index contributed by atoms with van der Waals surface area (Å²) < 4.78 is 64.4. The molecule has 0 aromatic heterocycles. The third kappa shape index (κ3) is 4.25. The van der Waals surface area contributed by atoms with Gasteiger partial charge < -0.3 is 10.2 Å². The molecule has 10 heteroatoms. The van der Waals surface area contributed by atoms with Crippen molar-refractivity contribution in [2.24, 2.45) is 0 Å². The molecule has 2 amide bonds. The lowest BCUT2D eigenvalue weighted by Crippen LogP contribution is -2.51. The van der Waals surface area contributed by atoms with E-state index in [1.54, 1.807) is 17.0 Å². The van der Waals surface area contributed by atoms with Crippen LogP contribution in [0.15, 0.2) is 53.4 Å². The van der Waals surface area contributed by atoms with E-state index in [0.717, 1.165) is 12.1 Å². The number of halogens is 4. The third-order valence-corrected chi connectivity index (χ3v) is 8.64. The highest BCUT2D eigenvalue weighted by Crippen LogP contribution is 2.41. The summed E-state index contributed by atoms with van der Waals surface area (Å²) in [6, 6.07) is 9.61. The van der Waals surface area contributed by atoms with Crippen LogP contribution in [0, 0.1) is 0 Å². The molecule has 1 unspecified atom stereocenters. The van der Waals surface area contributed by atoms with E-state index in [1.807, 2.05) is 0 Å². The van der Waals surface area contributed by atoms with Crippen LogP contribution in [0.2, 0.25) is 5.02 Å². The molecule has 0 spiro atoms. The van der Waals surface area contributed by atoms with Crippen LogP contribution >= 0.6 is 11.6 Å². The van der Waals surface area contributed by atoms with E-state index in [0.29, 0.717) is 25.7 Å². The summed E-state index contributed by atoms with van der Waals surface area (Å²) >= 11 is 6.10. The topological polar surface area (TPSA) is 66.5 Å². The molecule has 2 bridgehead atoms. The van der Waals surface area contributed by atoms with E-state index in [2.05, 4.69) is 5.32 Å². The largest absolute Gasteiger partial charge is 0.416 e. The molecule has 2 aromatic rings. The first-order valence-corrected chi connectivity index (χ1v) is 11.7. The fourth-order valence-corrected chi connectivity index (χ4v) is 6.87. The molecule has 2 aromatic carbocycles. The summed E-state index contributed by atoms with van der Waals surface area (Å²) in [6.07, 6.45) is -2.50. The molecular formula is C21H20ClF3N2O3S. The Kier molecular flexibility index (Phi) is 5.68. The first-order valence-electron chi connectivity index (χ1n) is 9.82. The number of piperidine rings is 1. The second kappa shape index (κ2) is 8.02. The van der Waals surface area contributed by atoms with Crippen molar-refractivity contribution >= 4 is 33.2 Å². The molecule has 2 heterocycles. The Balaban J connectivity index is 1.47. The number of rotatable bonds is 3. The van der Waals surface area contributed by atoms with Crippen molar-refractivity contribution in [2.45, 2.75) is 54.1 Å². The molecule has 5 nitrogen and oxygen atoms in total. The zero-order valence-corrected chi connectivity index (χ0v) is 17.8. The predicted molar refractivity (Wildman–Crippen MR) is 111 cm³/mol. The Bertz CT molecular complexity index is 1080. The highest BCUT2D eigenvalue weighted by Gasteiger charge is 2.47. The Morgan fingerprint density at radius 1 is 1.00 bits per heavy atom. The van der Waals surface area contributed by atoms with Crippen LogP contribution in [-0.4, -0.2) is 36.7 Å². The lowest BCUT2D eigenvalue weighted by Gasteiger charge is -2.38. The summed E-state index contributed by atoms with van der Waals surface area (Å²) in [7, 11) is -3.64. The van der Waals surface area contributed by atoms with Gasteiger partial charge in [-0.05, 0) is 62.1 Å². The predicted octanol–water partition coefficient (Wildman–Crippen LogP) is 5.36. The van der Waals surface area contributed by atoms with Crippen LogP contribution in [0.1, 0.15) is 31.2 Å². The molecule has 0 aliphatic carbocycles. The zero-order valence-electron chi connectivity index (χ0n) is 16.3. The first-order chi connectivity index (χ1) is 14.6. The van der Waals surface area contributed by atoms with E-state index in [4.69, 9.17) is 11.6 Å². The fourth-order valence-electron chi connectivity index (χ4n) is 4.50. The van der Waals surface area contributed by atoms with Gasteiger partial charge in [-0.3, -0.25) is 0 Å². The van der Waals surface area contributed by atoms with Gasteiger partial charge in [-0.2, -0.15) is 13.2 Å². The number of alkyl halides is 3. The van der Waals surface area contributed by atoms with Crippen molar-refractivity contribution in [3.8, 4) is 0 Å². The number of nitrogens with one attached hydrogen (secondary N) is 1. The summed E-state index contributed by atoms with van der Waals surface area (Å²) in [6.45, 7) is 0. The molecule has 2 saturated heterocycles. The summed E-state index contributed by atoms with van der Waals surface area (Å²) in [4.78, 5) is 14.5. The molecule has 0 saturated carbocycles. The summed E-state index contributed by atoms with van der Waals surface area (Å²) in [5.41, 5.74) is -0.542. The second-order valence-corrected chi connectivity index (χ2v) is 10.5. The first kappa shape index (κ1) is 22.0. The fraction of sp³-hybridized carbons (Fsp3) is 0.381. The molecule has 166 valence electrons. The smallest absolute Gasteiger partial charge is 0.318 e. The van der Waals surface area contributed by atoms with Crippen LogP contribution in [0.25, 0.3) is 0 Å². The van der Waals surface area contributed by atoms with Crippen LogP contribution < -0.4 is 5.32 Å². The molecule has 31 heavy (non-hydrogen) atoms. The number of fused-ring (bicyclic) bond motifs is 2. The lowest BCUT2D eigenvalue weighted by atomic mass is 10.0. The summed E-state index contributed by atoms with van der Waals surface area (Å²) in [5, 5.41) is 2.17. The minimum Gasteiger partial charge on any atom is -0.318 e. The van der Waals surface area contributed by atoms with Gasteiger partial charge >= 0.3 is 12.2 Å². The highest BCUT2D eigenvalue weighted by molar-refractivity contribution is 7.92. The van der Waals surface area contributed by atoms with Gasteiger partial charge in [0.05, 0.1) is 20.7 Å². The minimum absolute atomic E-state index is 0.101. The van der Waals surface area contributed by atoms with E-state index in [9.17, 15) is 26.4 Å². The molecule has 1 N–H and O–H groups in total. The van der Waals surface area contributed by atoms with E-state index < -0.39 is 32.9 Å². The number of amides is 2. The van der Waals surface area contributed by atoms with Crippen molar-refractivity contribution in [2.75, 3.05) is 5.32 Å².